The van der Waals surface area contributed by atoms with Gasteiger partial charge in [-0.2, -0.15) is 16.4 Å². The van der Waals surface area contributed by atoms with Crippen molar-refractivity contribution in [3.8, 4) is 33.9 Å². The van der Waals surface area contributed by atoms with E-state index in [0.717, 1.165) is 22.2 Å². The van der Waals surface area contributed by atoms with Crippen LogP contribution in [-0.4, -0.2) is 36.0 Å². The van der Waals surface area contributed by atoms with Gasteiger partial charge in [0.1, 0.15) is 11.4 Å². The zero-order chi connectivity index (χ0) is 23.9. The number of nitrogens with zero attached hydrogens (tertiary/aromatic N) is 4. The highest BCUT2D eigenvalue weighted by atomic mass is 32.1. The Morgan fingerprint density at radius 3 is 2.86 bits per heavy atom. The van der Waals surface area contributed by atoms with Crippen LogP contribution in [0.3, 0.4) is 0 Å². The van der Waals surface area contributed by atoms with Crippen molar-refractivity contribution >= 4 is 44.9 Å². The number of halogens is 1. The molecule has 0 saturated heterocycles. The summed E-state index contributed by atoms with van der Waals surface area (Å²) in [5, 5.41) is 14.3. The van der Waals surface area contributed by atoms with Crippen molar-refractivity contribution in [2.24, 2.45) is 0 Å². The second-order valence-corrected chi connectivity index (χ2v) is 8.72. The summed E-state index contributed by atoms with van der Waals surface area (Å²) in [4.78, 5) is 28.2. The summed E-state index contributed by atoms with van der Waals surface area (Å²) >= 11 is 1.62. The predicted octanol–water partition coefficient (Wildman–Crippen LogP) is 5.78. The van der Waals surface area contributed by atoms with E-state index in [4.69, 9.17) is 4.98 Å². The molecule has 0 aliphatic heterocycles. The Kier molecular flexibility index (Phi) is 5.07. The summed E-state index contributed by atoms with van der Waals surface area (Å²) < 4.78 is 15.9. The first-order valence-corrected chi connectivity index (χ1v) is 11.9. The lowest BCUT2D eigenvalue weighted by atomic mass is 10.1. The standard InChI is InChI=1S/C25H18FN7OS/c1-2-19(34)29-15-8-14(9-27-10-15)22-21(26)20-18(11-28-22)32-33-24(20)25-30-17-5-3-4-16(23(17)31-25)13-6-7-35-12-13/h3-12H,2H2,1H3,(H,29,34)(H,30,31)(H,32,33). The quantitative estimate of drug-likeness (QED) is 0.288. The lowest BCUT2D eigenvalue weighted by molar-refractivity contribution is -0.115. The van der Waals surface area contributed by atoms with Crippen molar-refractivity contribution in [1.29, 1.82) is 0 Å². The van der Waals surface area contributed by atoms with Crippen LogP contribution >= 0.6 is 11.3 Å². The van der Waals surface area contributed by atoms with Crippen LogP contribution in [0.4, 0.5) is 10.1 Å². The lowest BCUT2D eigenvalue weighted by Crippen LogP contribution is -2.09. The van der Waals surface area contributed by atoms with E-state index >= 15 is 4.39 Å². The number of carbonyl (C=O) groups excluding carboxylic acids is 1. The summed E-state index contributed by atoms with van der Waals surface area (Å²) in [6, 6.07) is 9.59. The number of H-pyrrole nitrogens is 2. The molecule has 0 radical (unpaired) electrons. The first-order chi connectivity index (χ1) is 17.1. The third kappa shape index (κ3) is 3.64. The van der Waals surface area contributed by atoms with Crippen LogP contribution in [0.2, 0.25) is 0 Å². The number of carbonyl (C=O) groups is 1. The number of nitrogens with one attached hydrogen (secondary N) is 3. The van der Waals surface area contributed by atoms with Gasteiger partial charge in [0.15, 0.2) is 11.6 Å². The minimum Gasteiger partial charge on any atom is -0.337 e. The molecule has 0 aliphatic rings. The van der Waals surface area contributed by atoms with Gasteiger partial charge in [0.05, 0.1) is 40.0 Å². The minimum absolute atomic E-state index is 0.107. The Labute approximate surface area is 202 Å². The first kappa shape index (κ1) is 21.1. The van der Waals surface area contributed by atoms with E-state index in [-0.39, 0.29) is 17.0 Å². The molecule has 1 aromatic carbocycles. The van der Waals surface area contributed by atoms with Gasteiger partial charge in [-0.25, -0.2) is 9.37 Å². The largest absolute Gasteiger partial charge is 0.337 e. The molecular formula is C25H18FN7OS. The van der Waals surface area contributed by atoms with Crippen molar-refractivity contribution in [3.63, 3.8) is 0 Å². The molecule has 0 fully saturated rings. The number of anilines is 1. The molecule has 6 aromatic rings. The molecule has 172 valence electrons. The summed E-state index contributed by atoms with van der Waals surface area (Å²) in [6.45, 7) is 1.75. The van der Waals surface area contributed by atoms with Crippen LogP contribution in [0.25, 0.3) is 55.8 Å². The van der Waals surface area contributed by atoms with E-state index in [0.29, 0.717) is 34.7 Å². The lowest BCUT2D eigenvalue weighted by Gasteiger charge is -2.07. The molecule has 0 bridgehead atoms. The molecule has 0 atom stereocenters. The van der Waals surface area contributed by atoms with Gasteiger partial charge in [0.2, 0.25) is 5.91 Å². The van der Waals surface area contributed by atoms with Gasteiger partial charge < -0.3 is 10.3 Å². The summed E-state index contributed by atoms with van der Waals surface area (Å²) in [5.41, 5.74) is 5.51. The molecule has 0 spiro atoms. The maximum atomic E-state index is 15.9. The molecule has 0 unspecified atom stereocenters. The van der Waals surface area contributed by atoms with Crippen molar-refractivity contribution in [2.45, 2.75) is 13.3 Å². The maximum Gasteiger partial charge on any atom is 0.224 e. The normalized spacial score (nSPS) is 11.4. The first-order valence-electron chi connectivity index (χ1n) is 10.9. The van der Waals surface area contributed by atoms with Gasteiger partial charge >= 0.3 is 0 Å². The van der Waals surface area contributed by atoms with Crippen LogP contribution in [0.5, 0.6) is 0 Å². The third-order valence-corrected chi connectivity index (χ3v) is 6.41. The highest BCUT2D eigenvalue weighted by molar-refractivity contribution is 7.08. The molecule has 10 heteroatoms. The number of rotatable bonds is 5. The third-order valence-electron chi connectivity index (χ3n) is 5.73. The van der Waals surface area contributed by atoms with Crippen LogP contribution in [0, 0.1) is 5.82 Å². The van der Waals surface area contributed by atoms with Crippen LogP contribution < -0.4 is 5.32 Å². The number of thiophene rings is 1. The molecule has 6 rings (SSSR count). The zero-order valence-corrected chi connectivity index (χ0v) is 19.3. The van der Waals surface area contributed by atoms with Gasteiger partial charge in [-0.05, 0) is 34.5 Å². The number of para-hydroxylation sites is 1. The van der Waals surface area contributed by atoms with Crippen molar-refractivity contribution < 1.29 is 9.18 Å². The average molecular weight is 484 g/mol. The Morgan fingerprint density at radius 2 is 2.03 bits per heavy atom. The van der Waals surface area contributed by atoms with E-state index in [2.05, 4.69) is 35.8 Å². The highest BCUT2D eigenvalue weighted by Crippen LogP contribution is 2.35. The zero-order valence-electron chi connectivity index (χ0n) is 18.5. The molecule has 3 N–H and O–H groups in total. The van der Waals surface area contributed by atoms with Crippen molar-refractivity contribution in [2.75, 3.05) is 5.32 Å². The smallest absolute Gasteiger partial charge is 0.224 e. The molecule has 5 aromatic heterocycles. The molecular weight excluding hydrogens is 465 g/mol. The molecule has 5 heterocycles. The number of hydrogen-bond acceptors (Lipinski definition) is 6. The van der Waals surface area contributed by atoms with E-state index in [1.165, 1.54) is 18.6 Å². The SMILES string of the molecule is CCC(=O)Nc1cncc(-c2ncc3[nH]nc(-c4nc5c(-c6ccsc6)cccc5[nH]4)c3c2F)c1. The molecule has 1 amide bonds. The van der Waals surface area contributed by atoms with Crippen LogP contribution in [0.15, 0.2) is 59.7 Å². The number of imidazole rings is 1. The summed E-state index contributed by atoms with van der Waals surface area (Å²) in [6.07, 6.45) is 4.87. The van der Waals surface area contributed by atoms with Gasteiger partial charge in [-0.1, -0.05) is 19.1 Å². The summed E-state index contributed by atoms with van der Waals surface area (Å²) in [5.74, 6) is -0.255. The monoisotopic (exact) mass is 483 g/mol. The predicted molar refractivity (Wildman–Crippen MR) is 134 cm³/mol. The number of fused-ring (bicyclic) bond motifs is 2. The average Bonchev–Trinajstić information content (AvgIpc) is 3.63. The fraction of sp³-hybridized carbons (Fsp3) is 0.0800. The van der Waals surface area contributed by atoms with E-state index in [1.807, 2.05) is 29.6 Å². The fourth-order valence-corrected chi connectivity index (χ4v) is 4.69. The Hall–Kier alpha value is -4.44. The number of pyridine rings is 2. The van der Waals surface area contributed by atoms with Gasteiger partial charge in [0.25, 0.3) is 0 Å². The topological polar surface area (TPSA) is 112 Å². The second-order valence-electron chi connectivity index (χ2n) is 7.94. The van der Waals surface area contributed by atoms with Crippen molar-refractivity contribution in [1.82, 2.24) is 30.1 Å². The molecule has 0 aliphatic carbocycles. The summed E-state index contributed by atoms with van der Waals surface area (Å²) in [7, 11) is 0. The number of hydrogen-bond donors (Lipinski definition) is 3. The van der Waals surface area contributed by atoms with E-state index < -0.39 is 5.82 Å². The van der Waals surface area contributed by atoms with Crippen LogP contribution in [0.1, 0.15) is 13.3 Å². The number of aromatic nitrogens is 6. The number of aromatic amines is 2. The molecule has 35 heavy (non-hydrogen) atoms. The number of amides is 1. The second kappa shape index (κ2) is 8.41. The van der Waals surface area contributed by atoms with Gasteiger partial charge in [-0.15, -0.1) is 0 Å². The number of benzene rings is 1. The highest BCUT2D eigenvalue weighted by Gasteiger charge is 2.21. The molecule has 0 saturated carbocycles. The van der Waals surface area contributed by atoms with Crippen molar-refractivity contribution in [3.05, 3.63) is 65.5 Å². The molecule has 8 nitrogen and oxygen atoms in total. The van der Waals surface area contributed by atoms with Gasteiger partial charge in [0, 0.05) is 23.7 Å². The fourth-order valence-electron chi connectivity index (χ4n) is 4.03. The minimum atomic E-state index is -0.550. The maximum absolute atomic E-state index is 15.9. The van der Waals surface area contributed by atoms with Gasteiger partial charge in [-0.3, -0.25) is 19.9 Å². The van der Waals surface area contributed by atoms with E-state index in [1.54, 1.807) is 24.3 Å². The Balaban J connectivity index is 1.48. The van der Waals surface area contributed by atoms with Crippen LogP contribution in [-0.2, 0) is 4.79 Å². The van der Waals surface area contributed by atoms with E-state index in [9.17, 15) is 4.79 Å². The Morgan fingerprint density at radius 1 is 1.11 bits per heavy atom. The Bertz CT molecular complexity index is 1700.